The molecule has 1 heterocycles. The number of carboxylic acid groups (broad SMARTS) is 1. The van der Waals surface area contributed by atoms with E-state index in [2.05, 4.69) is 9.97 Å². The summed E-state index contributed by atoms with van der Waals surface area (Å²) < 4.78 is 0. The maximum atomic E-state index is 11.4. The molecule has 0 radical (unpaired) electrons. The molecule has 1 aliphatic rings. The molecule has 1 atom stereocenters. The second-order valence-corrected chi connectivity index (χ2v) is 4.34. The van der Waals surface area contributed by atoms with Gasteiger partial charge in [0.15, 0.2) is 0 Å². The lowest BCUT2D eigenvalue weighted by molar-refractivity contribution is -0.141. The van der Waals surface area contributed by atoms with Crippen molar-refractivity contribution in [1.29, 1.82) is 0 Å². The van der Waals surface area contributed by atoms with Crippen molar-refractivity contribution in [3.8, 4) is 0 Å². The third-order valence-electron chi connectivity index (χ3n) is 2.71. The van der Waals surface area contributed by atoms with E-state index in [9.17, 15) is 9.59 Å². The van der Waals surface area contributed by atoms with Gasteiger partial charge in [0.1, 0.15) is 5.82 Å². The molecular weight excluding hydrogens is 208 g/mol. The van der Waals surface area contributed by atoms with E-state index in [1.54, 1.807) is 6.92 Å². The van der Waals surface area contributed by atoms with Gasteiger partial charge in [-0.15, -0.1) is 0 Å². The summed E-state index contributed by atoms with van der Waals surface area (Å²) in [4.78, 5) is 29.1. The number of aliphatic carboxylic acids is 1. The van der Waals surface area contributed by atoms with Gasteiger partial charge in [0, 0.05) is 24.1 Å². The maximum absolute atomic E-state index is 11.4. The van der Waals surface area contributed by atoms with E-state index in [0.717, 1.165) is 12.8 Å². The van der Waals surface area contributed by atoms with Gasteiger partial charge in [0.2, 0.25) is 0 Å². The van der Waals surface area contributed by atoms with Crippen molar-refractivity contribution in [2.75, 3.05) is 0 Å². The summed E-state index contributed by atoms with van der Waals surface area (Å²) >= 11 is 0. The number of carbonyl (C=O) groups is 1. The van der Waals surface area contributed by atoms with Crippen LogP contribution in [0.5, 0.6) is 0 Å². The Balaban J connectivity index is 2.20. The minimum Gasteiger partial charge on any atom is -0.481 e. The lowest BCUT2D eigenvalue weighted by Gasteiger charge is -2.06. The molecule has 0 aromatic carbocycles. The summed E-state index contributed by atoms with van der Waals surface area (Å²) in [7, 11) is 0. The van der Waals surface area contributed by atoms with Gasteiger partial charge in [-0.05, 0) is 12.8 Å². The molecule has 0 aliphatic heterocycles. The SMILES string of the molecule is CC(Cc1cc(=O)[nH]c(C2CC2)n1)C(=O)O. The molecule has 1 aromatic heterocycles. The summed E-state index contributed by atoms with van der Waals surface area (Å²) in [6, 6.07) is 1.38. The number of aromatic nitrogens is 2. The highest BCUT2D eigenvalue weighted by Gasteiger charge is 2.26. The summed E-state index contributed by atoms with van der Waals surface area (Å²) in [5, 5.41) is 8.79. The Bertz CT molecular complexity index is 463. The Labute approximate surface area is 92.5 Å². The first-order valence-corrected chi connectivity index (χ1v) is 5.39. The Morgan fingerprint density at radius 1 is 1.69 bits per heavy atom. The van der Waals surface area contributed by atoms with Crippen LogP contribution in [0.15, 0.2) is 10.9 Å². The van der Waals surface area contributed by atoms with Crippen LogP contribution >= 0.6 is 0 Å². The first-order valence-electron chi connectivity index (χ1n) is 5.39. The van der Waals surface area contributed by atoms with Crippen molar-refractivity contribution in [2.45, 2.75) is 32.1 Å². The van der Waals surface area contributed by atoms with Crippen molar-refractivity contribution in [3.05, 3.63) is 27.9 Å². The Morgan fingerprint density at radius 2 is 2.38 bits per heavy atom. The molecule has 0 bridgehead atoms. The molecule has 0 spiro atoms. The van der Waals surface area contributed by atoms with E-state index < -0.39 is 11.9 Å². The zero-order valence-corrected chi connectivity index (χ0v) is 9.06. The smallest absolute Gasteiger partial charge is 0.306 e. The van der Waals surface area contributed by atoms with Crippen molar-refractivity contribution in [3.63, 3.8) is 0 Å². The number of nitrogens with zero attached hydrogens (tertiary/aromatic N) is 1. The molecule has 16 heavy (non-hydrogen) atoms. The fourth-order valence-electron chi connectivity index (χ4n) is 1.58. The molecule has 1 saturated carbocycles. The van der Waals surface area contributed by atoms with Gasteiger partial charge < -0.3 is 10.1 Å². The van der Waals surface area contributed by atoms with Gasteiger partial charge in [0.25, 0.3) is 5.56 Å². The topological polar surface area (TPSA) is 83.0 Å². The molecule has 5 nitrogen and oxygen atoms in total. The molecule has 1 aromatic rings. The fraction of sp³-hybridized carbons (Fsp3) is 0.545. The Kier molecular flexibility index (Phi) is 2.77. The average molecular weight is 222 g/mol. The van der Waals surface area contributed by atoms with Crippen molar-refractivity contribution < 1.29 is 9.90 Å². The molecule has 1 unspecified atom stereocenters. The molecule has 2 N–H and O–H groups in total. The number of rotatable bonds is 4. The Hall–Kier alpha value is -1.65. The second-order valence-electron chi connectivity index (χ2n) is 4.34. The number of hydrogen-bond donors (Lipinski definition) is 2. The van der Waals surface area contributed by atoms with Gasteiger partial charge >= 0.3 is 5.97 Å². The lowest BCUT2D eigenvalue weighted by Crippen LogP contribution is -2.17. The van der Waals surface area contributed by atoms with Crippen LogP contribution in [0.25, 0.3) is 0 Å². The predicted octanol–water partition coefficient (Wildman–Crippen LogP) is 0.910. The molecule has 0 amide bonds. The van der Waals surface area contributed by atoms with Crippen LogP contribution in [0, 0.1) is 5.92 Å². The number of hydrogen-bond acceptors (Lipinski definition) is 3. The quantitative estimate of drug-likeness (QED) is 0.793. The fourth-order valence-corrected chi connectivity index (χ4v) is 1.58. The largest absolute Gasteiger partial charge is 0.481 e. The standard InChI is InChI=1S/C11H14N2O3/c1-6(11(15)16)4-8-5-9(14)13-10(12-8)7-2-3-7/h5-7H,2-4H2,1H3,(H,15,16)(H,12,13,14). The highest BCUT2D eigenvalue weighted by molar-refractivity contribution is 5.69. The highest BCUT2D eigenvalue weighted by Crippen LogP contribution is 2.37. The zero-order chi connectivity index (χ0) is 11.7. The Morgan fingerprint density at radius 3 is 2.94 bits per heavy atom. The van der Waals surface area contributed by atoms with Crippen LogP contribution in [-0.4, -0.2) is 21.0 Å². The van der Waals surface area contributed by atoms with E-state index in [0.29, 0.717) is 23.9 Å². The molecule has 2 rings (SSSR count). The zero-order valence-electron chi connectivity index (χ0n) is 9.06. The first-order chi connectivity index (χ1) is 7.56. The molecule has 1 fully saturated rings. The molecule has 0 saturated heterocycles. The minimum absolute atomic E-state index is 0.190. The number of carboxylic acids is 1. The van der Waals surface area contributed by atoms with Crippen LogP contribution in [-0.2, 0) is 11.2 Å². The normalized spacial score (nSPS) is 17.1. The third-order valence-corrected chi connectivity index (χ3v) is 2.71. The van der Waals surface area contributed by atoms with Gasteiger partial charge in [-0.2, -0.15) is 0 Å². The predicted molar refractivity (Wildman–Crippen MR) is 57.3 cm³/mol. The molecule has 5 heteroatoms. The van der Waals surface area contributed by atoms with E-state index >= 15 is 0 Å². The summed E-state index contributed by atoms with van der Waals surface area (Å²) in [6.45, 7) is 1.61. The molecular formula is C11H14N2O3. The van der Waals surface area contributed by atoms with E-state index in [4.69, 9.17) is 5.11 Å². The summed E-state index contributed by atoms with van der Waals surface area (Å²) in [5.74, 6) is -0.302. The van der Waals surface area contributed by atoms with Crippen molar-refractivity contribution in [1.82, 2.24) is 9.97 Å². The van der Waals surface area contributed by atoms with Crippen LogP contribution < -0.4 is 5.56 Å². The maximum Gasteiger partial charge on any atom is 0.306 e. The monoisotopic (exact) mass is 222 g/mol. The first kappa shape index (κ1) is 10.9. The van der Waals surface area contributed by atoms with Gasteiger partial charge in [-0.3, -0.25) is 9.59 Å². The molecule has 86 valence electrons. The summed E-state index contributed by atoms with van der Waals surface area (Å²) in [5.41, 5.74) is 0.380. The van der Waals surface area contributed by atoms with Gasteiger partial charge in [-0.1, -0.05) is 6.92 Å². The third kappa shape index (κ3) is 2.48. The number of H-pyrrole nitrogens is 1. The number of nitrogens with one attached hydrogen (secondary N) is 1. The summed E-state index contributed by atoms with van der Waals surface area (Å²) in [6.07, 6.45) is 2.42. The van der Waals surface area contributed by atoms with E-state index in [1.807, 2.05) is 0 Å². The minimum atomic E-state index is -0.866. The van der Waals surface area contributed by atoms with Crippen LogP contribution in [0.1, 0.15) is 37.2 Å². The van der Waals surface area contributed by atoms with Gasteiger partial charge in [0.05, 0.1) is 5.92 Å². The van der Waals surface area contributed by atoms with Crippen LogP contribution in [0.2, 0.25) is 0 Å². The van der Waals surface area contributed by atoms with E-state index in [1.165, 1.54) is 6.07 Å². The van der Waals surface area contributed by atoms with Crippen molar-refractivity contribution in [2.24, 2.45) is 5.92 Å². The molecule has 1 aliphatic carbocycles. The van der Waals surface area contributed by atoms with E-state index in [-0.39, 0.29) is 5.56 Å². The van der Waals surface area contributed by atoms with Gasteiger partial charge in [-0.25, -0.2) is 4.98 Å². The second kappa shape index (κ2) is 4.08. The highest BCUT2D eigenvalue weighted by atomic mass is 16.4. The average Bonchev–Trinajstić information content (AvgIpc) is 2.99. The van der Waals surface area contributed by atoms with Crippen LogP contribution in [0.4, 0.5) is 0 Å². The lowest BCUT2D eigenvalue weighted by atomic mass is 10.1. The number of aromatic amines is 1. The van der Waals surface area contributed by atoms with Crippen LogP contribution in [0.3, 0.4) is 0 Å². The van der Waals surface area contributed by atoms with Crippen molar-refractivity contribution >= 4 is 5.97 Å².